The van der Waals surface area contributed by atoms with Crippen molar-refractivity contribution in [3.05, 3.63) is 119 Å². The van der Waals surface area contributed by atoms with Crippen molar-refractivity contribution in [1.29, 1.82) is 0 Å². The average Bonchev–Trinajstić information content (AvgIpc) is 3.16. The molecular formula is C43H50N2O6. The zero-order valence-corrected chi connectivity index (χ0v) is 29.9. The molecule has 0 aliphatic carbocycles. The van der Waals surface area contributed by atoms with Crippen LogP contribution in [0.1, 0.15) is 103 Å². The van der Waals surface area contributed by atoms with Gasteiger partial charge in [-0.1, -0.05) is 46.0 Å². The molecule has 0 atom stereocenters. The average molecular weight is 691 g/mol. The molecule has 0 amide bonds. The molecule has 4 rings (SSSR count). The highest BCUT2D eigenvalue weighted by Gasteiger charge is 2.10. The number of carbonyl (C=O) groups excluding carboxylic acids is 2. The van der Waals surface area contributed by atoms with Crippen LogP contribution >= 0.6 is 0 Å². The first-order chi connectivity index (χ1) is 25.0. The lowest BCUT2D eigenvalue weighted by Crippen LogP contribution is -2.08. The highest BCUT2D eigenvalue weighted by atomic mass is 16.5. The predicted molar refractivity (Wildman–Crippen MR) is 204 cm³/mol. The largest absolute Gasteiger partial charge is 0.494 e. The molecule has 0 saturated carbocycles. The van der Waals surface area contributed by atoms with Gasteiger partial charge < -0.3 is 18.9 Å². The molecule has 0 spiro atoms. The van der Waals surface area contributed by atoms with Gasteiger partial charge in [-0.25, -0.2) is 9.59 Å². The summed E-state index contributed by atoms with van der Waals surface area (Å²) in [5.74, 6) is 1.69. The minimum Gasteiger partial charge on any atom is -0.494 e. The molecular weight excluding hydrogens is 640 g/mol. The van der Waals surface area contributed by atoms with Gasteiger partial charge in [0.2, 0.25) is 0 Å². The van der Waals surface area contributed by atoms with Gasteiger partial charge >= 0.3 is 11.9 Å². The second-order valence-electron chi connectivity index (χ2n) is 12.2. The van der Waals surface area contributed by atoms with Gasteiger partial charge in [0.15, 0.2) is 0 Å². The van der Waals surface area contributed by atoms with Crippen LogP contribution in [-0.2, 0) is 0 Å². The fourth-order valence-electron chi connectivity index (χ4n) is 5.02. The van der Waals surface area contributed by atoms with Crippen molar-refractivity contribution in [2.45, 2.75) is 71.6 Å². The van der Waals surface area contributed by atoms with Crippen LogP contribution in [0.3, 0.4) is 0 Å². The molecule has 0 saturated heterocycles. The Morgan fingerprint density at radius 2 is 0.804 bits per heavy atom. The summed E-state index contributed by atoms with van der Waals surface area (Å²) < 4.78 is 22.1. The molecule has 0 bridgehead atoms. The molecule has 0 heterocycles. The number of nitrogens with zero attached hydrogens (tertiary/aromatic N) is 2. The fourth-order valence-corrected chi connectivity index (χ4v) is 5.02. The zero-order chi connectivity index (χ0) is 35.9. The van der Waals surface area contributed by atoms with E-state index < -0.39 is 11.9 Å². The van der Waals surface area contributed by atoms with Gasteiger partial charge in [-0.2, -0.15) is 0 Å². The third-order valence-corrected chi connectivity index (χ3v) is 7.86. The summed E-state index contributed by atoms with van der Waals surface area (Å²) >= 11 is 0. The van der Waals surface area contributed by atoms with Crippen LogP contribution in [0.25, 0.3) is 0 Å². The Bertz CT molecular complexity index is 1520. The van der Waals surface area contributed by atoms with E-state index in [1.165, 1.54) is 32.1 Å². The molecule has 0 aromatic heterocycles. The van der Waals surface area contributed by atoms with Crippen molar-refractivity contribution in [3.63, 3.8) is 0 Å². The fraction of sp³-hybridized carbons (Fsp3) is 0.349. The second-order valence-corrected chi connectivity index (χ2v) is 12.2. The highest BCUT2D eigenvalue weighted by Crippen LogP contribution is 2.18. The van der Waals surface area contributed by atoms with E-state index in [0.29, 0.717) is 35.8 Å². The standard InChI is InChI=1S/C43H50N2O6/c1-3-30-48-38-24-16-36(17-25-38)42(46)50-40-20-12-34(13-21-40)32-44-28-10-8-6-5-7-9-11-29-45-33-35-14-22-41(23-15-35)51-43(47)37-18-26-39(27-19-37)49-31-4-2/h12-27,32-33H,3-11,28-31H2,1-2H3. The summed E-state index contributed by atoms with van der Waals surface area (Å²) in [4.78, 5) is 34.0. The summed E-state index contributed by atoms with van der Waals surface area (Å²) in [6.07, 6.45) is 13.7. The lowest BCUT2D eigenvalue weighted by molar-refractivity contribution is 0.0725. The van der Waals surface area contributed by atoms with Crippen molar-refractivity contribution < 1.29 is 28.5 Å². The van der Waals surface area contributed by atoms with E-state index in [2.05, 4.69) is 9.98 Å². The minimum atomic E-state index is -0.398. The van der Waals surface area contributed by atoms with E-state index in [4.69, 9.17) is 18.9 Å². The van der Waals surface area contributed by atoms with Gasteiger partial charge in [0.25, 0.3) is 0 Å². The maximum Gasteiger partial charge on any atom is 0.343 e. The van der Waals surface area contributed by atoms with E-state index in [1.807, 2.05) is 50.5 Å². The number of ether oxygens (including phenoxy) is 4. The molecule has 4 aromatic rings. The second kappa shape index (κ2) is 22.5. The van der Waals surface area contributed by atoms with E-state index in [9.17, 15) is 9.59 Å². The Kier molecular flexibility index (Phi) is 17.0. The normalized spacial score (nSPS) is 11.2. The summed E-state index contributed by atoms with van der Waals surface area (Å²) in [5.41, 5.74) is 2.91. The van der Waals surface area contributed by atoms with Gasteiger partial charge in [0, 0.05) is 25.5 Å². The molecule has 268 valence electrons. The molecule has 4 aromatic carbocycles. The summed E-state index contributed by atoms with van der Waals surface area (Å²) in [5, 5.41) is 0. The highest BCUT2D eigenvalue weighted by molar-refractivity contribution is 5.92. The maximum absolute atomic E-state index is 12.4. The smallest absolute Gasteiger partial charge is 0.343 e. The number of aliphatic imine (C=N–C) groups is 2. The van der Waals surface area contributed by atoms with Gasteiger partial charge in [0.1, 0.15) is 23.0 Å². The third-order valence-electron chi connectivity index (χ3n) is 7.86. The number of hydrogen-bond acceptors (Lipinski definition) is 8. The van der Waals surface area contributed by atoms with Gasteiger partial charge in [0.05, 0.1) is 24.3 Å². The monoisotopic (exact) mass is 690 g/mol. The van der Waals surface area contributed by atoms with E-state index in [1.54, 1.807) is 72.8 Å². The molecule has 0 radical (unpaired) electrons. The predicted octanol–water partition coefficient (Wildman–Crippen LogP) is 9.97. The molecule has 0 aliphatic rings. The topological polar surface area (TPSA) is 95.8 Å². The van der Waals surface area contributed by atoms with Crippen LogP contribution in [-0.4, -0.2) is 50.7 Å². The number of hydrogen-bond donors (Lipinski definition) is 0. The lowest BCUT2D eigenvalue weighted by Gasteiger charge is -2.07. The van der Waals surface area contributed by atoms with Crippen molar-refractivity contribution in [2.24, 2.45) is 9.98 Å². The lowest BCUT2D eigenvalue weighted by atomic mass is 10.1. The molecule has 0 fully saturated rings. The van der Waals surface area contributed by atoms with Crippen LogP contribution in [0.2, 0.25) is 0 Å². The first-order valence-electron chi connectivity index (χ1n) is 18.1. The molecule has 8 nitrogen and oxygen atoms in total. The Morgan fingerprint density at radius 3 is 1.16 bits per heavy atom. The molecule has 51 heavy (non-hydrogen) atoms. The number of unbranched alkanes of at least 4 members (excludes halogenated alkanes) is 6. The van der Waals surface area contributed by atoms with Crippen LogP contribution in [0, 0.1) is 0 Å². The Morgan fingerprint density at radius 1 is 0.471 bits per heavy atom. The van der Waals surface area contributed by atoms with E-state index >= 15 is 0 Å². The Hall–Kier alpha value is -5.24. The first-order valence-corrected chi connectivity index (χ1v) is 18.1. The number of rotatable bonds is 22. The summed E-state index contributed by atoms with van der Waals surface area (Å²) in [6, 6.07) is 28.7. The number of esters is 2. The minimum absolute atomic E-state index is 0.398. The zero-order valence-electron chi connectivity index (χ0n) is 29.9. The van der Waals surface area contributed by atoms with Crippen LogP contribution in [0.5, 0.6) is 23.0 Å². The Balaban J connectivity index is 1.00. The van der Waals surface area contributed by atoms with E-state index in [0.717, 1.165) is 61.4 Å². The maximum atomic E-state index is 12.4. The van der Waals surface area contributed by atoms with Gasteiger partial charge in [-0.05, 0) is 134 Å². The van der Waals surface area contributed by atoms with Crippen molar-refractivity contribution >= 4 is 24.4 Å². The molecule has 0 N–H and O–H groups in total. The molecule has 0 unspecified atom stereocenters. The van der Waals surface area contributed by atoms with Crippen LogP contribution in [0.4, 0.5) is 0 Å². The van der Waals surface area contributed by atoms with Crippen molar-refractivity contribution in [3.8, 4) is 23.0 Å². The quantitative estimate of drug-likeness (QED) is 0.0353. The summed E-state index contributed by atoms with van der Waals surface area (Å²) in [6.45, 7) is 7.00. The van der Waals surface area contributed by atoms with Gasteiger partial charge in [-0.3, -0.25) is 9.98 Å². The van der Waals surface area contributed by atoms with Crippen molar-refractivity contribution in [1.82, 2.24) is 0 Å². The van der Waals surface area contributed by atoms with Crippen LogP contribution < -0.4 is 18.9 Å². The first kappa shape index (κ1) is 38.6. The van der Waals surface area contributed by atoms with Gasteiger partial charge in [-0.15, -0.1) is 0 Å². The molecule has 8 heteroatoms. The number of benzene rings is 4. The third kappa shape index (κ3) is 14.6. The van der Waals surface area contributed by atoms with E-state index in [-0.39, 0.29) is 0 Å². The number of carbonyl (C=O) groups is 2. The Labute approximate surface area is 302 Å². The SMILES string of the molecule is CCCOc1ccc(C(=O)Oc2ccc(C=NCCCCCCCCCN=Cc3ccc(OC(=O)c4ccc(OCCC)cc4)cc3)cc2)cc1. The molecule has 0 aliphatic heterocycles. The van der Waals surface area contributed by atoms with Crippen molar-refractivity contribution in [2.75, 3.05) is 26.3 Å². The summed E-state index contributed by atoms with van der Waals surface area (Å²) in [7, 11) is 0. The van der Waals surface area contributed by atoms with Crippen LogP contribution in [0.15, 0.2) is 107 Å².